The van der Waals surface area contributed by atoms with E-state index < -0.39 is 15.4 Å². The average Bonchev–Trinajstić information content (AvgIpc) is 2.96. The van der Waals surface area contributed by atoms with E-state index in [0.29, 0.717) is 6.42 Å². The molecule has 1 aliphatic rings. The fraction of sp³-hybridized carbons (Fsp3) is 0.500. The van der Waals surface area contributed by atoms with Crippen LogP contribution in [0.2, 0.25) is 5.28 Å². The summed E-state index contributed by atoms with van der Waals surface area (Å²) in [7, 11) is -3.03. The molecule has 1 unspecified atom stereocenters. The van der Waals surface area contributed by atoms with E-state index in [1.54, 1.807) is 0 Å². The Labute approximate surface area is 125 Å². The van der Waals surface area contributed by atoms with Crippen molar-refractivity contribution in [2.75, 3.05) is 16.8 Å². The zero-order valence-corrected chi connectivity index (χ0v) is 12.6. The summed E-state index contributed by atoms with van der Waals surface area (Å²) < 4.78 is 24.6. The third-order valence-corrected chi connectivity index (χ3v) is 5.21. The first-order valence-corrected chi connectivity index (χ1v) is 8.30. The lowest BCUT2D eigenvalue weighted by molar-refractivity contribution is 0.568. The SMILES string of the molecule is CC1(Nc2nc(Cl)nc(-n3cncn3)n2)CCS(=O)(=O)C1. The average molecular weight is 330 g/mol. The Morgan fingerprint density at radius 1 is 1.38 bits per heavy atom. The number of sulfone groups is 1. The maximum atomic E-state index is 11.6. The van der Waals surface area contributed by atoms with E-state index in [1.165, 1.54) is 17.3 Å². The molecule has 2 aromatic heterocycles. The summed E-state index contributed by atoms with van der Waals surface area (Å²) in [6, 6.07) is 0. The van der Waals surface area contributed by atoms with E-state index in [2.05, 4.69) is 30.4 Å². The van der Waals surface area contributed by atoms with Crippen molar-refractivity contribution in [2.24, 2.45) is 0 Å². The maximum Gasteiger partial charge on any atom is 0.258 e. The van der Waals surface area contributed by atoms with Crippen LogP contribution in [0.15, 0.2) is 12.7 Å². The van der Waals surface area contributed by atoms with Gasteiger partial charge in [0.1, 0.15) is 12.7 Å². The smallest absolute Gasteiger partial charge is 0.258 e. The molecule has 21 heavy (non-hydrogen) atoms. The van der Waals surface area contributed by atoms with Crippen LogP contribution in [0.3, 0.4) is 0 Å². The molecule has 0 spiro atoms. The second kappa shape index (κ2) is 4.88. The predicted octanol–water partition coefficient (Wildman–Crippen LogP) is 0.0948. The van der Waals surface area contributed by atoms with Gasteiger partial charge in [0, 0.05) is 0 Å². The summed E-state index contributed by atoms with van der Waals surface area (Å²) >= 11 is 5.87. The lowest BCUT2D eigenvalue weighted by atomic mass is 10.0. The third-order valence-electron chi connectivity index (χ3n) is 3.14. The normalized spacial score (nSPS) is 24.1. The van der Waals surface area contributed by atoms with Crippen molar-refractivity contribution < 1.29 is 8.42 Å². The van der Waals surface area contributed by atoms with Crippen LogP contribution >= 0.6 is 11.6 Å². The van der Waals surface area contributed by atoms with Gasteiger partial charge in [-0.25, -0.2) is 13.4 Å². The zero-order valence-electron chi connectivity index (χ0n) is 11.1. The number of hydrogen-bond donors (Lipinski definition) is 1. The first-order chi connectivity index (χ1) is 9.85. The van der Waals surface area contributed by atoms with Crippen molar-refractivity contribution >= 4 is 27.4 Å². The van der Waals surface area contributed by atoms with E-state index in [0.717, 1.165) is 0 Å². The summed E-state index contributed by atoms with van der Waals surface area (Å²) in [6.07, 6.45) is 3.25. The van der Waals surface area contributed by atoms with Crippen LogP contribution in [-0.4, -0.2) is 55.2 Å². The van der Waals surface area contributed by atoms with Gasteiger partial charge in [0.05, 0.1) is 17.0 Å². The van der Waals surface area contributed by atoms with Crippen LogP contribution < -0.4 is 5.32 Å². The van der Waals surface area contributed by atoms with E-state index in [9.17, 15) is 8.42 Å². The van der Waals surface area contributed by atoms with Crippen molar-refractivity contribution in [1.29, 1.82) is 0 Å². The second-order valence-electron chi connectivity index (χ2n) is 5.10. The number of hydrogen-bond acceptors (Lipinski definition) is 8. The molecule has 112 valence electrons. The molecule has 0 saturated carbocycles. The standard InChI is InChI=1S/C10H12ClN7O2S/c1-10(2-3-21(19,20)4-10)17-8-14-7(11)15-9(16-8)18-6-12-5-13-18/h5-6H,2-4H2,1H3,(H,14,15,16,17). The number of anilines is 1. The molecule has 1 fully saturated rings. The summed E-state index contributed by atoms with van der Waals surface area (Å²) in [6.45, 7) is 1.81. The number of aromatic nitrogens is 6. The van der Waals surface area contributed by atoms with E-state index in [4.69, 9.17) is 11.6 Å². The highest BCUT2D eigenvalue weighted by Crippen LogP contribution is 2.26. The molecule has 9 nitrogen and oxygen atoms in total. The third kappa shape index (κ3) is 3.10. The zero-order chi connectivity index (χ0) is 15.1. The van der Waals surface area contributed by atoms with Crippen LogP contribution in [0.4, 0.5) is 5.95 Å². The lowest BCUT2D eigenvalue weighted by Gasteiger charge is -2.23. The van der Waals surface area contributed by atoms with Crippen LogP contribution in [-0.2, 0) is 9.84 Å². The first-order valence-electron chi connectivity index (χ1n) is 6.10. The van der Waals surface area contributed by atoms with E-state index in [-0.39, 0.29) is 28.7 Å². The largest absolute Gasteiger partial charge is 0.348 e. The Morgan fingerprint density at radius 3 is 2.81 bits per heavy atom. The van der Waals surface area contributed by atoms with Crippen LogP contribution in [0.25, 0.3) is 5.95 Å². The van der Waals surface area contributed by atoms with Gasteiger partial charge >= 0.3 is 0 Å². The van der Waals surface area contributed by atoms with Crippen LogP contribution in [0, 0.1) is 0 Å². The van der Waals surface area contributed by atoms with Crippen LogP contribution in [0.1, 0.15) is 13.3 Å². The molecule has 0 aliphatic carbocycles. The van der Waals surface area contributed by atoms with Crippen molar-refractivity contribution in [1.82, 2.24) is 29.7 Å². The molecule has 0 radical (unpaired) electrons. The highest BCUT2D eigenvalue weighted by molar-refractivity contribution is 7.91. The number of rotatable bonds is 3. The van der Waals surface area contributed by atoms with E-state index >= 15 is 0 Å². The molecule has 0 bridgehead atoms. The van der Waals surface area contributed by atoms with Gasteiger partial charge in [-0.15, -0.1) is 0 Å². The lowest BCUT2D eigenvalue weighted by Crippen LogP contribution is -2.36. The van der Waals surface area contributed by atoms with Crippen molar-refractivity contribution in [2.45, 2.75) is 18.9 Å². The Morgan fingerprint density at radius 2 is 2.19 bits per heavy atom. The van der Waals surface area contributed by atoms with Crippen molar-refractivity contribution in [3.63, 3.8) is 0 Å². The van der Waals surface area contributed by atoms with Gasteiger partial charge in [0.15, 0.2) is 9.84 Å². The quantitative estimate of drug-likeness (QED) is 0.842. The Hall–Kier alpha value is -1.81. The van der Waals surface area contributed by atoms with E-state index in [1.807, 2.05) is 6.92 Å². The second-order valence-corrected chi connectivity index (χ2v) is 7.62. The van der Waals surface area contributed by atoms with Gasteiger partial charge in [-0.3, -0.25) is 0 Å². The predicted molar refractivity (Wildman–Crippen MR) is 75.1 cm³/mol. The van der Waals surface area contributed by atoms with Crippen LogP contribution in [0.5, 0.6) is 0 Å². The molecule has 1 aliphatic heterocycles. The maximum absolute atomic E-state index is 11.6. The monoisotopic (exact) mass is 329 g/mol. The molecule has 3 rings (SSSR count). The number of halogens is 1. The minimum Gasteiger partial charge on any atom is -0.348 e. The molecule has 1 atom stereocenters. The molecule has 3 heterocycles. The summed E-state index contributed by atoms with van der Waals surface area (Å²) in [5.74, 6) is 0.590. The fourth-order valence-electron chi connectivity index (χ4n) is 2.19. The van der Waals surface area contributed by atoms with Gasteiger partial charge in [-0.2, -0.15) is 24.7 Å². The van der Waals surface area contributed by atoms with Crippen molar-refractivity contribution in [3.8, 4) is 5.95 Å². The Bertz CT molecular complexity index is 764. The molecular formula is C10H12ClN7O2S. The van der Waals surface area contributed by atoms with Gasteiger partial charge in [0.25, 0.3) is 5.95 Å². The fourth-order valence-corrected chi connectivity index (χ4v) is 4.44. The van der Waals surface area contributed by atoms with Gasteiger partial charge in [0.2, 0.25) is 11.2 Å². The summed E-state index contributed by atoms with van der Waals surface area (Å²) in [4.78, 5) is 15.9. The van der Waals surface area contributed by atoms with Gasteiger partial charge in [-0.05, 0) is 24.9 Å². The molecule has 0 aromatic carbocycles. The number of nitrogens with one attached hydrogen (secondary N) is 1. The minimum atomic E-state index is -3.03. The molecule has 1 N–H and O–H groups in total. The summed E-state index contributed by atoms with van der Waals surface area (Å²) in [5, 5.41) is 6.93. The minimum absolute atomic E-state index is 0.0116. The molecular weight excluding hydrogens is 318 g/mol. The Kier molecular flexibility index (Phi) is 3.29. The topological polar surface area (TPSA) is 116 Å². The van der Waals surface area contributed by atoms with Gasteiger partial charge in [-0.1, -0.05) is 0 Å². The van der Waals surface area contributed by atoms with Crippen molar-refractivity contribution in [3.05, 3.63) is 17.9 Å². The Balaban J connectivity index is 1.90. The molecule has 0 amide bonds. The first kappa shape index (κ1) is 14.1. The molecule has 2 aromatic rings. The summed E-state index contributed by atoms with van der Waals surface area (Å²) in [5.41, 5.74) is -0.622. The van der Waals surface area contributed by atoms with Gasteiger partial charge < -0.3 is 5.32 Å². The molecule has 11 heteroatoms. The number of nitrogens with zero attached hydrogens (tertiary/aromatic N) is 6. The highest BCUT2D eigenvalue weighted by atomic mass is 35.5. The molecule has 1 saturated heterocycles. The highest BCUT2D eigenvalue weighted by Gasteiger charge is 2.39.